The highest BCUT2D eigenvalue weighted by Gasteiger charge is 2.63. The van der Waals surface area contributed by atoms with Gasteiger partial charge in [0, 0.05) is 12.6 Å². The van der Waals surface area contributed by atoms with Crippen molar-refractivity contribution in [3.05, 3.63) is 0 Å². The first kappa shape index (κ1) is 14.1. The molecule has 0 bridgehead atoms. The molecule has 1 unspecified atom stereocenters. The van der Waals surface area contributed by atoms with Crippen LogP contribution in [-0.4, -0.2) is 30.6 Å². The van der Waals surface area contributed by atoms with E-state index >= 15 is 0 Å². The van der Waals surface area contributed by atoms with Gasteiger partial charge in [-0.3, -0.25) is 4.79 Å². The minimum atomic E-state index is -5.87. The van der Waals surface area contributed by atoms with E-state index in [2.05, 4.69) is 0 Å². The van der Waals surface area contributed by atoms with E-state index in [1.54, 1.807) is 0 Å². The van der Waals surface area contributed by atoms with Crippen molar-refractivity contribution in [3.8, 4) is 0 Å². The maximum atomic E-state index is 12.3. The smallest absolute Gasteiger partial charge is 0.350 e. The molecule has 3 N–H and O–H groups in total. The van der Waals surface area contributed by atoms with Gasteiger partial charge < -0.3 is 11.1 Å². The molecule has 15 heavy (non-hydrogen) atoms. The fourth-order valence-corrected chi connectivity index (χ4v) is 0.653. The van der Waals surface area contributed by atoms with Crippen LogP contribution in [-0.2, 0) is 4.79 Å². The molecule has 0 heterocycles. The molecule has 0 rings (SSSR count). The number of alkyl halides is 5. The summed E-state index contributed by atoms with van der Waals surface area (Å²) in [5, 5.41) is 1.47. The Hall–Kier alpha value is -0.920. The Morgan fingerprint density at radius 1 is 1.33 bits per heavy atom. The van der Waals surface area contributed by atoms with Crippen LogP contribution in [0, 0.1) is 0 Å². The van der Waals surface area contributed by atoms with Crippen LogP contribution in [0.3, 0.4) is 0 Å². The number of carbonyl (C=O) groups excluding carboxylic acids is 1. The van der Waals surface area contributed by atoms with Gasteiger partial charge in [0.05, 0.1) is 0 Å². The molecule has 0 aliphatic carbocycles. The van der Waals surface area contributed by atoms with Crippen molar-refractivity contribution in [3.63, 3.8) is 0 Å². The topological polar surface area (TPSA) is 55.1 Å². The number of nitrogens with two attached hydrogens (primary N) is 1. The summed E-state index contributed by atoms with van der Waals surface area (Å²) < 4.78 is 59.5. The van der Waals surface area contributed by atoms with E-state index in [1.165, 1.54) is 12.2 Å². The molecule has 1 amide bonds. The first-order valence-electron chi connectivity index (χ1n) is 4.07. The first-order valence-corrected chi connectivity index (χ1v) is 4.07. The fraction of sp³-hybridized carbons (Fsp3) is 0.857. The normalized spacial score (nSPS) is 14.9. The van der Waals surface area contributed by atoms with Crippen LogP contribution in [0.5, 0.6) is 0 Å². The van der Waals surface area contributed by atoms with Crippen LogP contribution in [0.2, 0.25) is 0 Å². The van der Waals surface area contributed by atoms with Crippen LogP contribution in [0.25, 0.3) is 0 Å². The van der Waals surface area contributed by atoms with Crippen molar-refractivity contribution in [2.45, 2.75) is 31.5 Å². The summed E-state index contributed by atoms with van der Waals surface area (Å²) in [6.45, 7) is 1.22. The Balaban J connectivity index is 4.21. The quantitative estimate of drug-likeness (QED) is 0.714. The fourth-order valence-electron chi connectivity index (χ4n) is 0.653. The summed E-state index contributed by atoms with van der Waals surface area (Å²) >= 11 is 0. The van der Waals surface area contributed by atoms with E-state index in [-0.39, 0.29) is 19.0 Å². The molecule has 0 aliphatic heterocycles. The summed E-state index contributed by atoms with van der Waals surface area (Å²) in [5.41, 5.74) is 5.21. The number of amides is 1. The highest BCUT2D eigenvalue weighted by atomic mass is 19.4. The number of halogens is 5. The summed E-state index contributed by atoms with van der Waals surface area (Å²) in [7, 11) is 0. The maximum Gasteiger partial charge on any atom is 0.463 e. The Bertz CT molecular complexity index is 226. The van der Waals surface area contributed by atoms with Crippen LogP contribution in [0.1, 0.15) is 13.3 Å². The number of hydrogen-bond donors (Lipinski definition) is 2. The maximum absolute atomic E-state index is 12.3. The van der Waals surface area contributed by atoms with Crippen molar-refractivity contribution in [1.29, 1.82) is 0 Å². The SMILES string of the molecule is CC(N)CCNC(=O)C(F)(F)C(F)(F)F. The molecule has 0 fully saturated rings. The minimum absolute atomic E-state index is 0.125. The second-order valence-corrected chi connectivity index (χ2v) is 3.09. The third-order valence-electron chi connectivity index (χ3n) is 1.53. The molecular weight excluding hydrogens is 223 g/mol. The van der Waals surface area contributed by atoms with E-state index in [1.807, 2.05) is 0 Å². The van der Waals surface area contributed by atoms with E-state index in [0.717, 1.165) is 0 Å². The van der Waals surface area contributed by atoms with Gasteiger partial charge in [0.1, 0.15) is 0 Å². The predicted molar refractivity (Wildman–Crippen MR) is 42.3 cm³/mol. The lowest BCUT2D eigenvalue weighted by Crippen LogP contribution is -2.50. The zero-order valence-electron chi connectivity index (χ0n) is 7.87. The van der Waals surface area contributed by atoms with Crippen LogP contribution in [0.4, 0.5) is 22.0 Å². The Labute approximate surface area is 82.8 Å². The molecule has 1 atom stereocenters. The first-order chi connectivity index (χ1) is 6.59. The average molecular weight is 234 g/mol. The molecule has 0 aromatic rings. The number of carbonyl (C=O) groups is 1. The van der Waals surface area contributed by atoms with Gasteiger partial charge in [0.2, 0.25) is 0 Å². The molecule has 3 nitrogen and oxygen atoms in total. The van der Waals surface area contributed by atoms with Gasteiger partial charge in [-0.15, -0.1) is 0 Å². The zero-order valence-corrected chi connectivity index (χ0v) is 7.87. The predicted octanol–water partition coefficient (Wildman–Crippen LogP) is 1.04. The molecule has 90 valence electrons. The van der Waals surface area contributed by atoms with E-state index in [9.17, 15) is 26.7 Å². The van der Waals surface area contributed by atoms with Crippen LogP contribution >= 0.6 is 0 Å². The molecule has 0 radical (unpaired) electrons. The second-order valence-electron chi connectivity index (χ2n) is 3.09. The molecule has 0 aromatic heterocycles. The molecule has 8 heteroatoms. The Morgan fingerprint density at radius 2 is 1.80 bits per heavy atom. The highest BCUT2D eigenvalue weighted by Crippen LogP contribution is 2.35. The molecule has 0 saturated carbocycles. The Morgan fingerprint density at radius 3 is 2.13 bits per heavy atom. The average Bonchev–Trinajstić information content (AvgIpc) is 2.01. The lowest BCUT2D eigenvalue weighted by molar-refractivity contribution is -0.269. The van der Waals surface area contributed by atoms with Gasteiger partial charge in [-0.05, 0) is 13.3 Å². The number of hydrogen-bond acceptors (Lipinski definition) is 2. The van der Waals surface area contributed by atoms with Crippen molar-refractivity contribution in [2.24, 2.45) is 5.73 Å². The molecule has 0 aliphatic rings. The molecule has 0 aromatic carbocycles. The van der Waals surface area contributed by atoms with E-state index in [0.29, 0.717) is 0 Å². The number of rotatable bonds is 4. The number of nitrogens with one attached hydrogen (secondary N) is 1. The van der Waals surface area contributed by atoms with Crippen molar-refractivity contribution < 1.29 is 26.7 Å². The molecular formula is C7H11F5N2O. The van der Waals surface area contributed by atoms with Crippen LogP contribution < -0.4 is 11.1 Å². The van der Waals surface area contributed by atoms with Crippen molar-refractivity contribution in [2.75, 3.05) is 6.54 Å². The summed E-state index contributed by atoms with van der Waals surface area (Å²) in [6.07, 6.45) is -5.74. The largest absolute Gasteiger partial charge is 0.463 e. The Kier molecular flexibility index (Phi) is 4.44. The van der Waals surface area contributed by atoms with Gasteiger partial charge in [0.25, 0.3) is 5.91 Å². The molecule has 0 spiro atoms. The lowest BCUT2D eigenvalue weighted by Gasteiger charge is -2.18. The second kappa shape index (κ2) is 4.73. The lowest BCUT2D eigenvalue weighted by atomic mass is 10.2. The minimum Gasteiger partial charge on any atom is -0.350 e. The van der Waals surface area contributed by atoms with E-state index < -0.39 is 18.0 Å². The highest BCUT2D eigenvalue weighted by molar-refractivity contribution is 5.84. The van der Waals surface area contributed by atoms with Gasteiger partial charge in [-0.1, -0.05) is 0 Å². The standard InChI is InChI=1S/C7H11F5N2O/c1-4(13)2-3-14-5(15)6(8,9)7(10,11)12/h4H,2-3,13H2,1H3,(H,14,15). The summed E-state index contributed by atoms with van der Waals surface area (Å²) in [4.78, 5) is 10.5. The van der Waals surface area contributed by atoms with Gasteiger partial charge in [-0.2, -0.15) is 22.0 Å². The van der Waals surface area contributed by atoms with Crippen molar-refractivity contribution >= 4 is 5.91 Å². The summed E-state index contributed by atoms with van der Waals surface area (Å²) in [6, 6.07) is -0.384. The third kappa shape index (κ3) is 3.98. The summed E-state index contributed by atoms with van der Waals surface area (Å²) in [5.74, 6) is -7.71. The van der Waals surface area contributed by atoms with Crippen molar-refractivity contribution in [1.82, 2.24) is 5.32 Å². The van der Waals surface area contributed by atoms with Crippen LogP contribution in [0.15, 0.2) is 0 Å². The third-order valence-corrected chi connectivity index (χ3v) is 1.53. The van der Waals surface area contributed by atoms with E-state index in [4.69, 9.17) is 5.73 Å². The molecule has 0 saturated heterocycles. The van der Waals surface area contributed by atoms with Gasteiger partial charge in [0.15, 0.2) is 0 Å². The monoisotopic (exact) mass is 234 g/mol. The van der Waals surface area contributed by atoms with Gasteiger partial charge >= 0.3 is 12.1 Å². The zero-order chi connectivity index (χ0) is 12.3. The van der Waals surface area contributed by atoms with Gasteiger partial charge in [-0.25, -0.2) is 0 Å².